The Bertz CT molecular complexity index is 571. The fourth-order valence-corrected chi connectivity index (χ4v) is 3.33. The molecular formula is C16H28N6OS. The molecule has 8 heteroatoms. The van der Waals surface area contributed by atoms with Gasteiger partial charge in [0, 0.05) is 51.6 Å². The van der Waals surface area contributed by atoms with E-state index in [-0.39, 0.29) is 11.9 Å². The number of nitrogens with zero attached hydrogens (tertiary/aromatic N) is 4. The minimum atomic E-state index is 0.222. The van der Waals surface area contributed by atoms with Crippen molar-refractivity contribution in [1.82, 2.24) is 20.5 Å². The van der Waals surface area contributed by atoms with Crippen LogP contribution in [0.3, 0.4) is 0 Å². The second-order valence-corrected chi connectivity index (χ2v) is 6.87. The zero-order valence-corrected chi connectivity index (χ0v) is 15.8. The maximum absolute atomic E-state index is 11.8. The van der Waals surface area contributed by atoms with E-state index in [0.717, 1.165) is 42.8 Å². The van der Waals surface area contributed by atoms with Gasteiger partial charge in [0.2, 0.25) is 5.91 Å². The molecule has 1 unspecified atom stereocenters. The maximum Gasteiger partial charge on any atom is 0.222 e. The van der Waals surface area contributed by atoms with Crippen molar-refractivity contribution in [2.45, 2.75) is 39.3 Å². The van der Waals surface area contributed by atoms with Crippen molar-refractivity contribution >= 4 is 28.3 Å². The van der Waals surface area contributed by atoms with Crippen LogP contribution in [0.1, 0.15) is 32.4 Å². The second-order valence-electron chi connectivity index (χ2n) is 6.03. The van der Waals surface area contributed by atoms with Gasteiger partial charge in [-0.15, -0.1) is 11.3 Å². The van der Waals surface area contributed by atoms with E-state index in [1.807, 2.05) is 43.1 Å². The first-order valence-corrected chi connectivity index (χ1v) is 9.35. The molecule has 7 nitrogen and oxygen atoms in total. The van der Waals surface area contributed by atoms with Gasteiger partial charge >= 0.3 is 0 Å². The van der Waals surface area contributed by atoms with E-state index in [0.29, 0.717) is 13.0 Å². The fourth-order valence-electron chi connectivity index (χ4n) is 2.58. The molecule has 1 aliphatic heterocycles. The van der Waals surface area contributed by atoms with Gasteiger partial charge in [-0.3, -0.25) is 4.79 Å². The Kier molecular flexibility index (Phi) is 6.84. The number of aromatic nitrogens is 1. The molecule has 1 atom stereocenters. The molecule has 0 saturated carbocycles. The largest absolute Gasteiger partial charge is 0.357 e. The van der Waals surface area contributed by atoms with Crippen molar-refractivity contribution in [3.05, 3.63) is 11.1 Å². The Balaban J connectivity index is 1.92. The lowest BCUT2D eigenvalue weighted by Gasteiger charge is -2.18. The highest BCUT2D eigenvalue weighted by Gasteiger charge is 2.25. The third-order valence-electron chi connectivity index (χ3n) is 3.85. The summed E-state index contributed by atoms with van der Waals surface area (Å²) in [6, 6.07) is 0.256. The lowest BCUT2D eigenvalue weighted by molar-refractivity contribution is -0.129. The fraction of sp³-hybridized carbons (Fsp3) is 0.688. The van der Waals surface area contributed by atoms with E-state index in [1.165, 1.54) is 0 Å². The molecule has 0 bridgehead atoms. The van der Waals surface area contributed by atoms with Gasteiger partial charge in [0.15, 0.2) is 11.1 Å². The minimum Gasteiger partial charge on any atom is -0.357 e. The number of hydrogen-bond acceptors (Lipinski definition) is 5. The Morgan fingerprint density at radius 3 is 2.92 bits per heavy atom. The normalized spacial score (nSPS) is 17.9. The van der Waals surface area contributed by atoms with Crippen molar-refractivity contribution in [2.24, 2.45) is 4.99 Å². The van der Waals surface area contributed by atoms with Gasteiger partial charge in [-0.05, 0) is 13.3 Å². The molecule has 2 N–H and O–H groups in total. The molecule has 1 aromatic heterocycles. The van der Waals surface area contributed by atoms with E-state index >= 15 is 0 Å². The molecule has 24 heavy (non-hydrogen) atoms. The number of carbonyl (C=O) groups is 1. The van der Waals surface area contributed by atoms with Crippen molar-refractivity contribution in [3.63, 3.8) is 0 Å². The Morgan fingerprint density at radius 2 is 2.29 bits per heavy atom. The Labute approximate surface area is 148 Å². The van der Waals surface area contributed by atoms with E-state index in [2.05, 4.69) is 20.6 Å². The third-order valence-corrected chi connectivity index (χ3v) is 4.91. The molecule has 0 radical (unpaired) electrons. The predicted octanol–water partition coefficient (Wildman–Crippen LogP) is 1.28. The van der Waals surface area contributed by atoms with Crippen molar-refractivity contribution in [2.75, 3.05) is 38.6 Å². The van der Waals surface area contributed by atoms with Crippen LogP contribution < -0.4 is 15.5 Å². The second kappa shape index (κ2) is 8.86. The number of guanidine groups is 1. The highest BCUT2D eigenvalue weighted by Crippen LogP contribution is 2.18. The van der Waals surface area contributed by atoms with E-state index < -0.39 is 0 Å². The van der Waals surface area contributed by atoms with Gasteiger partial charge in [0.05, 0.1) is 12.2 Å². The van der Waals surface area contributed by atoms with Gasteiger partial charge < -0.3 is 20.4 Å². The topological polar surface area (TPSA) is 72.9 Å². The minimum absolute atomic E-state index is 0.222. The van der Waals surface area contributed by atoms with Crippen molar-refractivity contribution in [1.29, 1.82) is 0 Å². The van der Waals surface area contributed by atoms with Crippen LogP contribution in [0, 0.1) is 0 Å². The molecule has 1 aliphatic rings. The van der Waals surface area contributed by atoms with Crippen LogP contribution in [0.2, 0.25) is 0 Å². The third kappa shape index (κ3) is 5.09. The van der Waals surface area contributed by atoms with Gasteiger partial charge in [0.1, 0.15) is 0 Å². The summed E-state index contributed by atoms with van der Waals surface area (Å²) in [7, 11) is 3.97. The summed E-state index contributed by atoms with van der Waals surface area (Å²) in [5.74, 6) is 1.01. The van der Waals surface area contributed by atoms with Crippen molar-refractivity contribution in [3.8, 4) is 0 Å². The number of likely N-dealkylation sites (tertiary alicyclic amines) is 1. The summed E-state index contributed by atoms with van der Waals surface area (Å²) in [5, 5.41) is 9.73. The quantitative estimate of drug-likeness (QED) is 0.596. The van der Waals surface area contributed by atoms with E-state index in [4.69, 9.17) is 0 Å². The molecular weight excluding hydrogens is 324 g/mol. The number of hydrogen-bond donors (Lipinski definition) is 2. The highest BCUT2D eigenvalue weighted by molar-refractivity contribution is 7.13. The first kappa shape index (κ1) is 18.5. The summed E-state index contributed by atoms with van der Waals surface area (Å²) < 4.78 is 0. The predicted molar refractivity (Wildman–Crippen MR) is 99.7 cm³/mol. The molecule has 0 spiro atoms. The zero-order chi connectivity index (χ0) is 17.5. The summed E-state index contributed by atoms with van der Waals surface area (Å²) >= 11 is 1.62. The molecule has 0 aromatic carbocycles. The summed E-state index contributed by atoms with van der Waals surface area (Å²) in [6.07, 6.45) is 1.52. The SMILES string of the molecule is CCNC(=NCc1csc(N(C)C)n1)NC1CCN(C(=O)CC)C1. The van der Waals surface area contributed by atoms with E-state index in [9.17, 15) is 4.79 Å². The first-order valence-electron chi connectivity index (χ1n) is 8.47. The van der Waals surface area contributed by atoms with Crippen LogP contribution in [-0.2, 0) is 11.3 Å². The lowest BCUT2D eigenvalue weighted by atomic mass is 10.3. The zero-order valence-electron chi connectivity index (χ0n) is 15.0. The molecule has 1 saturated heterocycles. The Hall–Kier alpha value is -1.83. The monoisotopic (exact) mass is 352 g/mol. The highest BCUT2D eigenvalue weighted by atomic mass is 32.1. The molecule has 134 valence electrons. The standard InChI is InChI=1S/C16H28N6OS/c1-5-14(23)22-8-7-12(10-22)19-15(17-6-2)18-9-13-11-24-16(20-13)21(3)4/h11-12H,5-10H2,1-4H3,(H2,17,18,19). The lowest BCUT2D eigenvalue weighted by Crippen LogP contribution is -2.45. The van der Waals surface area contributed by atoms with Crippen LogP contribution in [0.4, 0.5) is 5.13 Å². The van der Waals surface area contributed by atoms with Crippen LogP contribution in [0.25, 0.3) is 0 Å². The molecule has 2 rings (SSSR count). The summed E-state index contributed by atoms with van der Waals surface area (Å²) in [5.41, 5.74) is 0.968. The molecule has 1 aromatic rings. The number of amides is 1. The number of aliphatic imine (C=N–C) groups is 1. The van der Waals surface area contributed by atoms with Crippen LogP contribution >= 0.6 is 11.3 Å². The number of anilines is 1. The average Bonchev–Trinajstić information content (AvgIpc) is 3.21. The number of carbonyl (C=O) groups excluding carboxylic acids is 1. The number of nitrogens with one attached hydrogen (secondary N) is 2. The average molecular weight is 353 g/mol. The maximum atomic E-state index is 11.8. The van der Waals surface area contributed by atoms with Gasteiger partial charge in [-0.2, -0.15) is 0 Å². The van der Waals surface area contributed by atoms with Gasteiger partial charge in [-0.25, -0.2) is 9.98 Å². The molecule has 2 heterocycles. The number of rotatable bonds is 6. The van der Waals surface area contributed by atoms with E-state index in [1.54, 1.807) is 11.3 Å². The molecule has 0 aliphatic carbocycles. The summed E-state index contributed by atoms with van der Waals surface area (Å²) in [6.45, 7) is 6.87. The summed E-state index contributed by atoms with van der Waals surface area (Å²) in [4.78, 5) is 24.9. The van der Waals surface area contributed by atoms with Crippen molar-refractivity contribution < 1.29 is 4.79 Å². The van der Waals surface area contributed by atoms with Gasteiger partial charge in [0.25, 0.3) is 0 Å². The smallest absolute Gasteiger partial charge is 0.222 e. The molecule has 1 fully saturated rings. The molecule has 1 amide bonds. The van der Waals surface area contributed by atoms with Crippen LogP contribution in [0.15, 0.2) is 10.4 Å². The van der Waals surface area contributed by atoms with Crippen LogP contribution in [-0.4, -0.2) is 61.5 Å². The first-order chi connectivity index (χ1) is 11.5. The van der Waals surface area contributed by atoms with Crippen LogP contribution in [0.5, 0.6) is 0 Å². The Morgan fingerprint density at radius 1 is 1.50 bits per heavy atom. The van der Waals surface area contributed by atoms with Gasteiger partial charge in [-0.1, -0.05) is 6.92 Å². The number of thiazole rings is 1.